The summed E-state index contributed by atoms with van der Waals surface area (Å²) in [6, 6.07) is 7.89. The van der Waals surface area contributed by atoms with Crippen molar-refractivity contribution in [2.75, 3.05) is 6.54 Å². The maximum atomic E-state index is 6.03. The number of nitrogens with one attached hydrogen (secondary N) is 1. The van der Waals surface area contributed by atoms with E-state index in [1.807, 2.05) is 24.3 Å². The van der Waals surface area contributed by atoms with Crippen molar-refractivity contribution in [2.24, 2.45) is 4.99 Å². The molecule has 1 heterocycles. The van der Waals surface area contributed by atoms with Crippen molar-refractivity contribution < 1.29 is 0 Å². The van der Waals surface area contributed by atoms with Crippen LogP contribution in [-0.4, -0.2) is 12.4 Å². The second kappa shape index (κ2) is 6.13. The molecule has 0 saturated carbocycles. The summed E-state index contributed by atoms with van der Waals surface area (Å²) in [6.07, 6.45) is 2.25. The van der Waals surface area contributed by atoms with Crippen LogP contribution >= 0.6 is 28.6 Å². The van der Waals surface area contributed by atoms with Crippen molar-refractivity contribution in [2.45, 2.75) is 19.4 Å². The minimum atomic E-state index is 0. The Kier molecular flexibility index (Phi) is 5.12. The van der Waals surface area contributed by atoms with Gasteiger partial charge >= 0.3 is 0 Å². The number of rotatable bonds is 2. The maximum Gasteiger partial charge on any atom is 0.0966 e. The molecule has 0 aliphatic carbocycles. The largest absolute Gasteiger partial charge is 0.370 e. The molecule has 1 aliphatic heterocycles. The van der Waals surface area contributed by atoms with Crippen molar-refractivity contribution >= 4 is 34.4 Å². The van der Waals surface area contributed by atoms with E-state index in [-0.39, 0.29) is 17.0 Å². The van der Waals surface area contributed by atoms with Gasteiger partial charge in [0.05, 0.1) is 5.84 Å². The Morgan fingerprint density at radius 1 is 1.33 bits per heavy atom. The second-order valence-corrected chi connectivity index (χ2v) is 3.78. The van der Waals surface area contributed by atoms with Crippen LogP contribution < -0.4 is 5.32 Å². The van der Waals surface area contributed by atoms with Gasteiger partial charge in [-0.3, -0.25) is 4.99 Å². The molecule has 0 spiro atoms. The number of hydrogen-bond donors (Lipinski definition) is 1. The first-order chi connectivity index (χ1) is 6.86. The van der Waals surface area contributed by atoms with Crippen LogP contribution in [0.5, 0.6) is 0 Å². The van der Waals surface area contributed by atoms with Crippen LogP contribution in [0.4, 0.5) is 0 Å². The van der Waals surface area contributed by atoms with E-state index in [9.17, 15) is 0 Å². The van der Waals surface area contributed by atoms with Crippen LogP contribution in [0.2, 0.25) is 5.02 Å². The molecule has 4 heteroatoms. The molecule has 0 amide bonds. The van der Waals surface area contributed by atoms with E-state index in [1.165, 1.54) is 6.42 Å². The molecule has 0 fully saturated rings. The molecule has 1 N–H and O–H groups in total. The Balaban J connectivity index is 0.00000112. The summed E-state index contributed by atoms with van der Waals surface area (Å²) < 4.78 is 0. The molecular weight excluding hydrogens is 275 g/mol. The molecule has 82 valence electrons. The highest BCUT2D eigenvalue weighted by atomic mass is 79.9. The molecule has 0 atom stereocenters. The number of hydrogen-bond acceptors (Lipinski definition) is 2. The summed E-state index contributed by atoms with van der Waals surface area (Å²) in [7, 11) is 0. The summed E-state index contributed by atoms with van der Waals surface area (Å²) in [5.74, 6) is 1.12. The van der Waals surface area contributed by atoms with E-state index in [1.54, 1.807) is 0 Å². The highest BCUT2D eigenvalue weighted by Crippen LogP contribution is 2.14. The molecule has 0 radical (unpaired) electrons. The van der Waals surface area contributed by atoms with Gasteiger partial charge in [-0.25, -0.2) is 0 Å². The first-order valence-electron chi connectivity index (χ1n) is 4.87. The van der Waals surface area contributed by atoms with Crippen LogP contribution in [0.3, 0.4) is 0 Å². The van der Waals surface area contributed by atoms with E-state index >= 15 is 0 Å². The van der Waals surface area contributed by atoms with Crippen molar-refractivity contribution in [3.63, 3.8) is 0 Å². The minimum absolute atomic E-state index is 0. The molecule has 1 aliphatic rings. The Morgan fingerprint density at radius 3 is 2.80 bits per heavy atom. The molecule has 1 aromatic carbocycles. The standard InChI is InChI=1S/C11H13ClN2.BrH/c12-10-5-2-1-4-9(10)8-14-11-6-3-7-13-11;/h1-2,4-5H,3,6-8H2,(H,13,14);1H. The lowest BCUT2D eigenvalue weighted by molar-refractivity contribution is 0.888. The highest BCUT2D eigenvalue weighted by Gasteiger charge is 2.05. The van der Waals surface area contributed by atoms with Crippen LogP contribution in [-0.2, 0) is 6.54 Å². The fourth-order valence-corrected chi connectivity index (χ4v) is 1.73. The smallest absolute Gasteiger partial charge is 0.0966 e. The second-order valence-electron chi connectivity index (χ2n) is 3.38. The summed E-state index contributed by atoms with van der Waals surface area (Å²) in [4.78, 5) is 4.34. The average molecular weight is 290 g/mol. The zero-order valence-electron chi connectivity index (χ0n) is 8.37. The van der Waals surface area contributed by atoms with Gasteiger partial charge in [-0.2, -0.15) is 0 Å². The number of nitrogens with zero attached hydrogens (tertiary/aromatic N) is 1. The lowest BCUT2D eigenvalue weighted by Crippen LogP contribution is -2.20. The SMILES string of the molecule is Br.Clc1ccccc1CNC1=NCCC1. The summed E-state index contributed by atoms with van der Waals surface area (Å²) in [5, 5.41) is 4.12. The van der Waals surface area contributed by atoms with Gasteiger partial charge in [0.1, 0.15) is 0 Å². The Bertz CT molecular complexity index is 352. The highest BCUT2D eigenvalue weighted by molar-refractivity contribution is 8.93. The Morgan fingerprint density at radius 2 is 2.13 bits per heavy atom. The normalized spacial score (nSPS) is 14.3. The fraction of sp³-hybridized carbons (Fsp3) is 0.364. The first-order valence-corrected chi connectivity index (χ1v) is 5.24. The van der Waals surface area contributed by atoms with E-state index in [0.717, 1.165) is 35.9 Å². The predicted molar refractivity (Wildman–Crippen MR) is 70.1 cm³/mol. The van der Waals surface area contributed by atoms with Gasteiger partial charge in [0.2, 0.25) is 0 Å². The predicted octanol–water partition coefficient (Wildman–Crippen LogP) is 3.20. The first kappa shape index (κ1) is 12.5. The number of halogens is 2. The maximum absolute atomic E-state index is 6.03. The molecule has 15 heavy (non-hydrogen) atoms. The van der Waals surface area contributed by atoms with Gasteiger partial charge < -0.3 is 5.32 Å². The third-order valence-electron chi connectivity index (χ3n) is 2.32. The lowest BCUT2D eigenvalue weighted by atomic mass is 10.2. The van der Waals surface area contributed by atoms with Gasteiger partial charge in [-0.05, 0) is 18.1 Å². The number of benzene rings is 1. The topological polar surface area (TPSA) is 24.4 Å². The third kappa shape index (κ3) is 3.50. The Labute approximate surface area is 106 Å². The number of aliphatic imine (C=N–C) groups is 1. The van der Waals surface area contributed by atoms with Crippen LogP contribution in [0, 0.1) is 0 Å². The van der Waals surface area contributed by atoms with Crippen molar-refractivity contribution in [1.29, 1.82) is 0 Å². The molecular formula is C11H14BrClN2. The van der Waals surface area contributed by atoms with Crippen LogP contribution in [0.15, 0.2) is 29.3 Å². The van der Waals surface area contributed by atoms with Gasteiger partial charge in [-0.15, -0.1) is 17.0 Å². The average Bonchev–Trinajstić information content (AvgIpc) is 2.69. The van der Waals surface area contributed by atoms with Crippen molar-refractivity contribution in [3.05, 3.63) is 34.9 Å². The zero-order chi connectivity index (χ0) is 9.80. The molecule has 1 aromatic rings. The fourth-order valence-electron chi connectivity index (χ4n) is 1.52. The zero-order valence-corrected chi connectivity index (χ0v) is 10.8. The summed E-state index contributed by atoms with van der Waals surface area (Å²) >= 11 is 6.03. The summed E-state index contributed by atoms with van der Waals surface area (Å²) in [6.45, 7) is 1.74. The van der Waals surface area contributed by atoms with Gasteiger partial charge in [0, 0.05) is 24.5 Å². The molecule has 0 bridgehead atoms. The van der Waals surface area contributed by atoms with E-state index < -0.39 is 0 Å². The van der Waals surface area contributed by atoms with E-state index in [2.05, 4.69) is 10.3 Å². The summed E-state index contributed by atoms with van der Waals surface area (Å²) in [5.41, 5.74) is 1.13. The van der Waals surface area contributed by atoms with Gasteiger partial charge in [0.25, 0.3) is 0 Å². The minimum Gasteiger partial charge on any atom is -0.370 e. The van der Waals surface area contributed by atoms with Crippen molar-refractivity contribution in [3.8, 4) is 0 Å². The molecule has 0 aromatic heterocycles. The monoisotopic (exact) mass is 288 g/mol. The van der Waals surface area contributed by atoms with Crippen molar-refractivity contribution in [1.82, 2.24) is 5.32 Å². The van der Waals surface area contributed by atoms with Gasteiger partial charge in [0.15, 0.2) is 0 Å². The van der Waals surface area contributed by atoms with Gasteiger partial charge in [-0.1, -0.05) is 29.8 Å². The molecule has 2 rings (SSSR count). The molecule has 0 saturated heterocycles. The van der Waals surface area contributed by atoms with Crippen LogP contribution in [0.25, 0.3) is 0 Å². The van der Waals surface area contributed by atoms with E-state index in [0.29, 0.717) is 0 Å². The quantitative estimate of drug-likeness (QED) is 0.888. The molecule has 2 nitrogen and oxygen atoms in total. The van der Waals surface area contributed by atoms with Crippen LogP contribution in [0.1, 0.15) is 18.4 Å². The lowest BCUT2D eigenvalue weighted by Gasteiger charge is -2.06. The van der Waals surface area contributed by atoms with E-state index in [4.69, 9.17) is 11.6 Å². The molecule has 0 unspecified atom stereocenters. The third-order valence-corrected chi connectivity index (χ3v) is 2.68. The Hall–Kier alpha value is -0.540. The number of amidine groups is 1.